The molecular formula is C18H13Cl2FN2O. The summed E-state index contributed by atoms with van der Waals surface area (Å²) in [7, 11) is 0. The maximum absolute atomic E-state index is 14.2. The van der Waals surface area contributed by atoms with E-state index in [4.69, 9.17) is 27.9 Å². The molecule has 3 nitrogen and oxygen atoms in total. The fraction of sp³-hybridized carbons (Fsp3) is 0.167. The van der Waals surface area contributed by atoms with Gasteiger partial charge in [-0.25, -0.2) is 9.37 Å². The van der Waals surface area contributed by atoms with Gasteiger partial charge in [-0.2, -0.15) is 0 Å². The molecular weight excluding hydrogens is 350 g/mol. The van der Waals surface area contributed by atoms with Gasteiger partial charge in [-0.3, -0.25) is 0 Å². The average molecular weight is 363 g/mol. The number of hydrogen-bond acceptors (Lipinski definition) is 2. The fourth-order valence-corrected chi connectivity index (χ4v) is 3.36. The molecule has 0 radical (unpaired) electrons. The maximum atomic E-state index is 14.2. The van der Waals surface area contributed by atoms with Crippen molar-refractivity contribution in [1.82, 2.24) is 9.97 Å². The van der Waals surface area contributed by atoms with Gasteiger partial charge in [0.15, 0.2) is 0 Å². The van der Waals surface area contributed by atoms with Crippen LogP contribution in [0.2, 0.25) is 10.0 Å². The van der Waals surface area contributed by atoms with Crippen LogP contribution in [0.4, 0.5) is 4.39 Å². The number of benzene rings is 2. The molecule has 0 bridgehead atoms. The topological polar surface area (TPSA) is 37.9 Å². The molecule has 1 aromatic heterocycles. The highest BCUT2D eigenvalue weighted by Gasteiger charge is 2.36. The van der Waals surface area contributed by atoms with E-state index in [2.05, 4.69) is 9.97 Å². The quantitative estimate of drug-likeness (QED) is 0.592. The van der Waals surface area contributed by atoms with E-state index in [1.54, 1.807) is 24.3 Å². The Hall–Kier alpha value is -2.04. The Balaban J connectivity index is 1.97. The van der Waals surface area contributed by atoms with Crippen LogP contribution in [0.15, 0.2) is 36.4 Å². The summed E-state index contributed by atoms with van der Waals surface area (Å²) in [6.45, 7) is 3.83. The third kappa shape index (κ3) is 2.29. The summed E-state index contributed by atoms with van der Waals surface area (Å²) in [4.78, 5) is 7.79. The molecule has 0 saturated carbocycles. The van der Waals surface area contributed by atoms with Crippen molar-refractivity contribution in [2.45, 2.75) is 19.4 Å². The van der Waals surface area contributed by atoms with Crippen molar-refractivity contribution in [3.63, 3.8) is 0 Å². The van der Waals surface area contributed by atoms with E-state index >= 15 is 0 Å². The smallest absolute Gasteiger partial charge is 0.145 e. The Labute approximate surface area is 148 Å². The Morgan fingerprint density at radius 2 is 1.96 bits per heavy atom. The van der Waals surface area contributed by atoms with Crippen LogP contribution in [0, 0.1) is 5.82 Å². The second kappa shape index (κ2) is 5.23. The average Bonchev–Trinajstić information content (AvgIpc) is 2.92. The molecule has 1 aliphatic heterocycles. The molecule has 4 rings (SSSR count). The van der Waals surface area contributed by atoms with E-state index in [1.165, 1.54) is 6.07 Å². The number of nitrogens with one attached hydrogen (secondary N) is 1. The Morgan fingerprint density at radius 1 is 1.17 bits per heavy atom. The van der Waals surface area contributed by atoms with E-state index in [-0.39, 0.29) is 5.56 Å². The predicted octanol–water partition coefficient (Wildman–Crippen LogP) is 5.82. The molecule has 1 aliphatic rings. The zero-order valence-electron chi connectivity index (χ0n) is 13.0. The molecule has 3 aromatic rings. The van der Waals surface area contributed by atoms with Gasteiger partial charge in [0, 0.05) is 10.6 Å². The number of aromatic nitrogens is 2. The summed E-state index contributed by atoms with van der Waals surface area (Å²) >= 11 is 12.2. The van der Waals surface area contributed by atoms with Gasteiger partial charge in [0.1, 0.15) is 23.0 Å². The van der Waals surface area contributed by atoms with Crippen molar-refractivity contribution < 1.29 is 9.13 Å². The summed E-state index contributed by atoms with van der Waals surface area (Å²) < 4.78 is 20.3. The van der Waals surface area contributed by atoms with Crippen molar-refractivity contribution in [3.05, 3.63) is 58.0 Å². The van der Waals surface area contributed by atoms with Gasteiger partial charge in [-0.15, -0.1) is 0 Å². The number of aromatic amines is 1. The van der Waals surface area contributed by atoms with Crippen LogP contribution in [0.25, 0.3) is 22.6 Å². The summed E-state index contributed by atoms with van der Waals surface area (Å²) in [5, 5.41) is 0.886. The summed E-state index contributed by atoms with van der Waals surface area (Å²) in [6, 6.07) is 9.94. The number of ether oxygens (including phenoxy) is 1. The first-order valence-corrected chi connectivity index (χ1v) is 8.16. The van der Waals surface area contributed by atoms with Gasteiger partial charge in [0.2, 0.25) is 0 Å². The highest BCUT2D eigenvalue weighted by molar-refractivity contribution is 6.33. The van der Waals surface area contributed by atoms with E-state index in [0.29, 0.717) is 27.3 Å². The molecule has 0 saturated heterocycles. The molecule has 122 valence electrons. The minimum absolute atomic E-state index is 0.250. The number of H-pyrrole nitrogens is 1. The van der Waals surface area contributed by atoms with E-state index < -0.39 is 11.4 Å². The lowest BCUT2D eigenvalue weighted by atomic mass is 9.95. The van der Waals surface area contributed by atoms with E-state index in [0.717, 1.165) is 11.3 Å². The molecule has 2 aromatic carbocycles. The third-order valence-electron chi connectivity index (χ3n) is 4.07. The van der Waals surface area contributed by atoms with Crippen molar-refractivity contribution in [2.75, 3.05) is 0 Å². The fourth-order valence-electron chi connectivity index (χ4n) is 2.95. The zero-order chi connectivity index (χ0) is 17.1. The molecule has 0 spiro atoms. The lowest BCUT2D eigenvalue weighted by Crippen LogP contribution is -2.29. The van der Waals surface area contributed by atoms with E-state index in [9.17, 15) is 4.39 Å². The first-order chi connectivity index (χ1) is 11.4. The first kappa shape index (κ1) is 15.5. The van der Waals surface area contributed by atoms with Crippen LogP contribution in [-0.2, 0) is 5.60 Å². The molecule has 0 aliphatic carbocycles. The lowest BCUT2D eigenvalue weighted by molar-refractivity contribution is 0.101. The Bertz CT molecular complexity index is 945. The zero-order valence-corrected chi connectivity index (χ0v) is 14.5. The first-order valence-electron chi connectivity index (χ1n) is 7.40. The molecule has 24 heavy (non-hydrogen) atoms. The van der Waals surface area contributed by atoms with Crippen LogP contribution in [-0.4, -0.2) is 9.97 Å². The minimum Gasteiger partial charge on any atom is -0.481 e. The van der Waals surface area contributed by atoms with Gasteiger partial charge >= 0.3 is 0 Å². The monoisotopic (exact) mass is 362 g/mol. The highest BCUT2D eigenvalue weighted by atomic mass is 35.5. The summed E-state index contributed by atoms with van der Waals surface area (Å²) in [6.07, 6.45) is 0. The van der Waals surface area contributed by atoms with Gasteiger partial charge in [-0.05, 0) is 44.2 Å². The lowest BCUT2D eigenvalue weighted by Gasteiger charge is -2.31. The van der Waals surface area contributed by atoms with Crippen molar-refractivity contribution in [3.8, 4) is 28.4 Å². The molecule has 1 N–H and O–H groups in total. The predicted molar refractivity (Wildman–Crippen MR) is 93.1 cm³/mol. The second-order valence-electron chi connectivity index (χ2n) is 6.16. The summed E-state index contributed by atoms with van der Waals surface area (Å²) in [5.74, 6) is 0.601. The molecule has 0 amide bonds. The number of fused-ring (bicyclic) bond motifs is 3. The maximum Gasteiger partial charge on any atom is 0.145 e. The van der Waals surface area contributed by atoms with E-state index in [1.807, 2.05) is 19.9 Å². The molecule has 2 heterocycles. The van der Waals surface area contributed by atoms with Gasteiger partial charge < -0.3 is 9.72 Å². The third-order valence-corrected chi connectivity index (χ3v) is 4.62. The number of rotatable bonds is 1. The molecule has 0 fully saturated rings. The van der Waals surface area contributed by atoms with Crippen molar-refractivity contribution >= 4 is 23.2 Å². The second-order valence-corrected chi connectivity index (χ2v) is 7.00. The standard InChI is InChI=1S/C18H13Cl2FN2O/c1-18(2)16-15(10-7-6-9(19)8-13(10)24-18)22-17(23-16)14-11(20)4-3-5-12(14)21/h3-8H,1-2H3,(H,22,23). The van der Waals surface area contributed by atoms with Crippen LogP contribution < -0.4 is 4.74 Å². The minimum atomic E-state index is -0.657. The normalized spacial score (nSPS) is 14.7. The van der Waals surface area contributed by atoms with Crippen molar-refractivity contribution in [1.29, 1.82) is 0 Å². The Kier molecular flexibility index (Phi) is 3.37. The molecule has 0 unspecified atom stereocenters. The van der Waals surface area contributed by atoms with Gasteiger partial charge in [0.05, 0.1) is 22.0 Å². The number of hydrogen-bond donors (Lipinski definition) is 1. The number of imidazole rings is 1. The molecule has 0 atom stereocenters. The van der Waals surface area contributed by atoms with Gasteiger partial charge in [0.25, 0.3) is 0 Å². The Morgan fingerprint density at radius 3 is 2.71 bits per heavy atom. The number of halogens is 3. The van der Waals surface area contributed by atoms with Crippen LogP contribution >= 0.6 is 23.2 Å². The van der Waals surface area contributed by atoms with Crippen LogP contribution in [0.1, 0.15) is 19.5 Å². The highest BCUT2D eigenvalue weighted by Crippen LogP contribution is 2.46. The SMILES string of the molecule is CC1(C)Oc2cc(Cl)ccc2-c2nc(-c3c(F)cccc3Cl)[nH]c21. The summed E-state index contributed by atoms with van der Waals surface area (Å²) in [5.41, 5.74) is 1.89. The number of nitrogens with zero attached hydrogens (tertiary/aromatic N) is 1. The van der Waals surface area contributed by atoms with Gasteiger partial charge in [-0.1, -0.05) is 29.3 Å². The van der Waals surface area contributed by atoms with Crippen LogP contribution in [0.3, 0.4) is 0 Å². The van der Waals surface area contributed by atoms with Crippen LogP contribution in [0.5, 0.6) is 5.75 Å². The van der Waals surface area contributed by atoms with Crippen molar-refractivity contribution in [2.24, 2.45) is 0 Å². The molecule has 6 heteroatoms. The largest absolute Gasteiger partial charge is 0.481 e.